The van der Waals surface area contributed by atoms with Crippen molar-refractivity contribution in [3.8, 4) is 0 Å². The minimum Gasteiger partial charge on any atom is -0.481 e. The molecule has 0 radical (unpaired) electrons. The van der Waals surface area contributed by atoms with Crippen molar-refractivity contribution in [2.24, 2.45) is 5.92 Å². The van der Waals surface area contributed by atoms with Gasteiger partial charge in [0.2, 0.25) is 0 Å². The molecule has 0 aromatic rings. The van der Waals surface area contributed by atoms with Gasteiger partial charge in [-0.05, 0) is 6.42 Å². The Labute approximate surface area is 105 Å². The third-order valence-electron chi connectivity index (χ3n) is 3.24. The molecule has 1 heterocycles. The summed E-state index contributed by atoms with van der Waals surface area (Å²) in [4.78, 5) is 11.1. The monoisotopic (exact) mass is 264 g/mol. The molecule has 1 rings (SSSR count). The average molecular weight is 264 g/mol. The van der Waals surface area contributed by atoms with E-state index in [4.69, 9.17) is 14.9 Å². The Morgan fingerprint density at radius 1 is 1.22 bits per heavy atom. The van der Waals surface area contributed by atoms with Crippen LogP contribution in [0.3, 0.4) is 0 Å². The number of carboxylic acids is 1. The number of hydrogen-bond acceptors (Lipinski definition) is 6. The van der Waals surface area contributed by atoms with E-state index in [1.807, 2.05) is 0 Å². The van der Waals surface area contributed by atoms with Gasteiger partial charge in [0.25, 0.3) is 0 Å². The van der Waals surface area contributed by atoms with E-state index in [9.17, 15) is 20.1 Å². The van der Waals surface area contributed by atoms with Crippen LogP contribution in [0.5, 0.6) is 0 Å². The summed E-state index contributed by atoms with van der Waals surface area (Å²) in [6.07, 6.45) is -5.83. The molecule has 2 unspecified atom stereocenters. The first kappa shape index (κ1) is 15.3. The van der Waals surface area contributed by atoms with E-state index >= 15 is 0 Å². The highest BCUT2D eigenvalue weighted by Crippen LogP contribution is 2.28. The summed E-state index contributed by atoms with van der Waals surface area (Å²) in [6.45, 7) is 1.24. The summed E-state index contributed by atoms with van der Waals surface area (Å²) >= 11 is 0. The molecule has 0 amide bonds. The molecule has 1 aliphatic heterocycles. The summed E-state index contributed by atoms with van der Waals surface area (Å²) in [6, 6.07) is 0. The van der Waals surface area contributed by atoms with E-state index in [1.54, 1.807) is 6.92 Å². The highest BCUT2D eigenvalue weighted by molar-refractivity contribution is 5.70. The van der Waals surface area contributed by atoms with Gasteiger partial charge in [-0.25, -0.2) is 0 Å². The first-order valence-electron chi connectivity index (χ1n) is 5.97. The molecule has 0 bridgehead atoms. The van der Waals surface area contributed by atoms with E-state index < -0.39 is 49.0 Å². The summed E-state index contributed by atoms with van der Waals surface area (Å²) in [7, 11) is 0. The number of aliphatic hydroxyl groups excluding tert-OH is 4. The van der Waals surface area contributed by atoms with Crippen LogP contribution in [0.25, 0.3) is 0 Å². The highest BCUT2D eigenvalue weighted by atomic mass is 16.5. The van der Waals surface area contributed by atoms with Crippen LogP contribution in [0, 0.1) is 5.92 Å². The molecule has 1 saturated heterocycles. The van der Waals surface area contributed by atoms with Crippen LogP contribution in [0.4, 0.5) is 0 Å². The van der Waals surface area contributed by atoms with Crippen LogP contribution in [-0.2, 0) is 9.53 Å². The van der Waals surface area contributed by atoms with E-state index in [0.717, 1.165) is 0 Å². The second kappa shape index (κ2) is 6.44. The molecular weight excluding hydrogens is 244 g/mol. The predicted molar refractivity (Wildman–Crippen MR) is 59.8 cm³/mol. The molecule has 6 atom stereocenters. The van der Waals surface area contributed by atoms with Gasteiger partial charge in [0, 0.05) is 0 Å². The molecular formula is C11H20O7. The minimum absolute atomic E-state index is 0.276. The first-order chi connectivity index (χ1) is 8.43. The van der Waals surface area contributed by atoms with E-state index in [-0.39, 0.29) is 6.42 Å². The van der Waals surface area contributed by atoms with Crippen LogP contribution in [0.15, 0.2) is 0 Å². The smallest absolute Gasteiger partial charge is 0.309 e. The number of carbonyl (C=O) groups is 1. The lowest BCUT2D eigenvalue weighted by molar-refractivity contribution is -0.242. The number of rotatable bonds is 5. The zero-order valence-electron chi connectivity index (χ0n) is 10.1. The van der Waals surface area contributed by atoms with Gasteiger partial charge in [0.05, 0.1) is 18.6 Å². The van der Waals surface area contributed by atoms with Crippen LogP contribution >= 0.6 is 0 Å². The zero-order valence-corrected chi connectivity index (χ0v) is 10.1. The number of carboxylic acid groups (broad SMARTS) is 1. The fourth-order valence-electron chi connectivity index (χ4n) is 2.20. The third-order valence-corrected chi connectivity index (χ3v) is 3.24. The fourth-order valence-corrected chi connectivity index (χ4v) is 2.20. The maximum absolute atomic E-state index is 11.1. The Hall–Kier alpha value is -0.730. The lowest BCUT2D eigenvalue weighted by Gasteiger charge is -2.42. The zero-order chi connectivity index (χ0) is 13.9. The largest absolute Gasteiger partial charge is 0.481 e. The van der Waals surface area contributed by atoms with Crippen molar-refractivity contribution < 1.29 is 35.1 Å². The Balaban J connectivity index is 2.88. The Morgan fingerprint density at radius 3 is 2.28 bits per heavy atom. The standard InChI is InChI=1S/C11H20O7/c1-2-3-5(11(16)17)10-9(15)8(14)7(13)6(4-12)18-10/h5-10,12-15H,2-4H2,1H3,(H,16,17)/t5?,6-,7-,8+,9-,10?/m1/s1. The Kier molecular flexibility index (Phi) is 5.48. The molecule has 18 heavy (non-hydrogen) atoms. The number of aliphatic carboxylic acids is 1. The maximum Gasteiger partial charge on any atom is 0.309 e. The van der Waals surface area contributed by atoms with E-state index in [0.29, 0.717) is 6.42 Å². The van der Waals surface area contributed by atoms with Crippen molar-refractivity contribution >= 4 is 5.97 Å². The number of ether oxygens (including phenoxy) is 1. The fraction of sp³-hybridized carbons (Fsp3) is 0.909. The molecule has 0 aromatic carbocycles. The molecule has 1 fully saturated rings. The van der Waals surface area contributed by atoms with Gasteiger partial charge < -0.3 is 30.3 Å². The van der Waals surface area contributed by atoms with Crippen LogP contribution in [0.1, 0.15) is 19.8 Å². The number of aliphatic hydroxyl groups is 4. The van der Waals surface area contributed by atoms with Crippen LogP contribution in [0.2, 0.25) is 0 Å². The van der Waals surface area contributed by atoms with Gasteiger partial charge in [-0.1, -0.05) is 13.3 Å². The molecule has 0 aliphatic carbocycles. The molecule has 7 heteroatoms. The van der Waals surface area contributed by atoms with Crippen molar-refractivity contribution in [2.75, 3.05) is 6.61 Å². The molecule has 7 nitrogen and oxygen atoms in total. The molecule has 5 N–H and O–H groups in total. The van der Waals surface area contributed by atoms with E-state index in [2.05, 4.69) is 0 Å². The highest BCUT2D eigenvalue weighted by Gasteiger charge is 2.47. The van der Waals surface area contributed by atoms with E-state index in [1.165, 1.54) is 0 Å². The third kappa shape index (κ3) is 2.99. The van der Waals surface area contributed by atoms with Crippen LogP contribution in [-0.4, -0.2) is 68.6 Å². The Morgan fingerprint density at radius 2 is 1.83 bits per heavy atom. The molecule has 0 spiro atoms. The van der Waals surface area contributed by atoms with Gasteiger partial charge in [-0.2, -0.15) is 0 Å². The van der Waals surface area contributed by atoms with Gasteiger partial charge in [-0.3, -0.25) is 4.79 Å². The van der Waals surface area contributed by atoms with Gasteiger partial charge >= 0.3 is 5.97 Å². The van der Waals surface area contributed by atoms with Crippen molar-refractivity contribution in [2.45, 2.75) is 50.3 Å². The van der Waals surface area contributed by atoms with Gasteiger partial charge in [-0.15, -0.1) is 0 Å². The van der Waals surface area contributed by atoms with Crippen molar-refractivity contribution in [3.63, 3.8) is 0 Å². The SMILES string of the molecule is CCCC(C(=O)O)C1O[C@H](CO)[C@@H](O)[C@H](O)[C@H]1O. The molecule has 1 aliphatic rings. The molecule has 106 valence electrons. The number of hydrogen-bond donors (Lipinski definition) is 5. The summed E-state index contributed by atoms with van der Waals surface area (Å²) in [5, 5.41) is 47.0. The summed E-state index contributed by atoms with van der Waals surface area (Å²) in [5.41, 5.74) is 0. The predicted octanol–water partition coefficient (Wildman–Crippen LogP) is -1.67. The lowest BCUT2D eigenvalue weighted by atomic mass is 9.86. The van der Waals surface area contributed by atoms with Crippen molar-refractivity contribution in [1.82, 2.24) is 0 Å². The Bertz CT molecular complexity index is 281. The van der Waals surface area contributed by atoms with Gasteiger partial charge in [0.15, 0.2) is 0 Å². The topological polar surface area (TPSA) is 127 Å². The average Bonchev–Trinajstić information content (AvgIpc) is 2.34. The first-order valence-corrected chi connectivity index (χ1v) is 5.97. The molecule has 0 saturated carbocycles. The van der Waals surface area contributed by atoms with Gasteiger partial charge in [0.1, 0.15) is 24.4 Å². The van der Waals surface area contributed by atoms with Crippen molar-refractivity contribution in [3.05, 3.63) is 0 Å². The van der Waals surface area contributed by atoms with Crippen molar-refractivity contribution in [1.29, 1.82) is 0 Å². The second-order valence-electron chi connectivity index (χ2n) is 4.53. The quantitative estimate of drug-likeness (QED) is 0.401. The molecule has 0 aromatic heterocycles. The lowest BCUT2D eigenvalue weighted by Crippen LogP contribution is -2.61. The summed E-state index contributed by atoms with van der Waals surface area (Å²) in [5.74, 6) is -2.12. The minimum atomic E-state index is -1.53. The summed E-state index contributed by atoms with van der Waals surface area (Å²) < 4.78 is 5.22. The van der Waals surface area contributed by atoms with Crippen LogP contribution < -0.4 is 0 Å². The maximum atomic E-state index is 11.1. The normalized spacial score (nSPS) is 38.4. The second-order valence-corrected chi connectivity index (χ2v) is 4.53.